The van der Waals surface area contributed by atoms with Crippen molar-refractivity contribution in [2.45, 2.75) is 12.1 Å². The maximum atomic E-state index is 12.7. The number of nitriles is 1. The SMILES string of the molecule is N#CC(C(=O)c1sccc1Br)c1cccc(C(F)(F)F)c1. The lowest BCUT2D eigenvalue weighted by molar-refractivity contribution is -0.137. The van der Waals surface area contributed by atoms with Crippen molar-refractivity contribution < 1.29 is 18.0 Å². The van der Waals surface area contributed by atoms with Gasteiger partial charge >= 0.3 is 6.18 Å². The number of thiophene rings is 1. The third-order valence-electron chi connectivity index (χ3n) is 2.78. The molecule has 0 radical (unpaired) electrons. The van der Waals surface area contributed by atoms with E-state index in [2.05, 4.69) is 15.9 Å². The van der Waals surface area contributed by atoms with Gasteiger partial charge in [-0.2, -0.15) is 18.4 Å². The van der Waals surface area contributed by atoms with Crippen molar-refractivity contribution >= 4 is 33.0 Å². The Kier molecular flexibility index (Phi) is 4.49. The van der Waals surface area contributed by atoms with Crippen LogP contribution in [0.15, 0.2) is 40.2 Å². The maximum Gasteiger partial charge on any atom is 0.416 e. The van der Waals surface area contributed by atoms with Crippen LogP contribution in [0.1, 0.15) is 26.7 Å². The van der Waals surface area contributed by atoms with Crippen LogP contribution < -0.4 is 0 Å². The second-order valence-corrected chi connectivity index (χ2v) is 5.92. The first-order valence-corrected chi connectivity index (χ1v) is 7.36. The molecule has 0 saturated carbocycles. The fraction of sp³-hybridized carbons (Fsp3) is 0.143. The number of rotatable bonds is 3. The van der Waals surface area contributed by atoms with E-state index in [9.17, 15) is 23.2 Å². The molecule has 0 aliphatic rings. The van der Waals surface area contributed by atoms with E-state index in [0.717, 1.165) is 23.5 Å². The largest absolute Gasteiger partial charge is 0.416 e. The van der Waals surface area contributed by atoms with Gasteiger partial charge in [-0.1, -0.05) is 18.2 Å². The average Bonchev–Trinajstić information content (AvgIpc) is 2.85. The molecule has 0 aliphatic carbocycles. The van der Waals surface area contributed by atoms with Crippen LogP contribution in [0.2, 0.25) is 0 Å². The van der Waals surface area contributed by atoms with Crippen molar-refractivity contribution in [3.63, 3.8) is 0 Å². The number of Topliss-reactive ketones (excluding diaryl/α,β-unsaturated/α-hetero) is 1. The van der Waals surface area contributed by atoms with Crippen molar-refractivity contribution in [1.29, 1.82) is 5.26 Å². The van der Waals surface area contributed by atoms with Gasteiger partial charge in [-0.3, -0.25) is 4.79 Å². The van der Waals surface area contributed by atoms with Gasteiger partial charge in [0.15, 0.2) is 5.78 Å². The van der Waals surface area contributed by atoms with Gasteiger partial charge in [0, 0.05) is 4.47 Å². The van der Waals surface area contributed by atoms with E-state index >= 15 is 0 Å². The summed E-state index contributed by atoms with van der Waals surface area (Å²) in [5.41, 5.74) is -0.837. The zero-order valence-corrected chi connectivity index (χ0v) is 12.7. The van der Waals surface area contributed by atoms with E-state index in [1.165, 1.54) is 12.1 Å². The summed E-state index contributed by atoms with van der Waals surface area (Å²) in [4.78, 5) is 12.6. The first-order valence-electron chi connectivity index (χ1n) is 5.68. The first-order chi connectivity index (χ1) is 9.84. The number of benzene rings is 1. The van der Waals surface area contributed by atoms with Crippen LogP contribution in [-0.2, 0) is 6.18 Å². The summed E-state index contributed by atoms with van der Waals surface area (Å²) in [5, 5.41) is 10.8. The van der Waals surface area contributed by atoms with Crippen LogP contribution in [0, 0.1) is 11.3 Å². The monoisotopic (exact) mass is 373 g/mol. The molecule has 1 heterocycles. The number of alkyl halides is 3. The molecule has 1 aromatic carbocycles. The quantitative estimate of drug-likeness (QED) is 0.708. The fourth-order valence-corrected chi connectivity index (χ4v) is 3.32. The first kappa shape index (κ1) is 15.7. The van der Waals surface area contributed by atoms with E-state index < -0.39 is 23.4 Å². The summed E-state index contributed by atoms with van der Waals surface area (Å²) in [6.07, 6.45) is -4.51. The number of nitrogens with zero attached hydrogens (tertiary/aromatic N) is 1. The molecule has 1 unspecified atom stereocenters. The molecule has 108 valence electrons. The predicted molar refractivity (Wildman–Crippen MR) is 76.1 cm³/mol. The van der Waals surface area contributed by atoms with Crippen molar-refractivity contribution in [2.24, 2.45) is 0 Å². The van der Waals surface area contributed by atoms with Gasteiger partial charge in [0.1, 0.15) is 5.92 Å². The van der Waals surface area contributed by atoms with Gasteiger partial charge in [-0.05, 0) is 39.0 Å². The van der Waals surface area contributed by atoms with E-state index in [0.29, 0.717) is 9.35 Å². The van der Waals surface area contributed by atoms with E-state index in [1.54, 1.807) is 17.5 Å². The molecule has 2 rings (SSSR count). The number of ketones is 1. The molecule has 7 heteroatoms. The third-order valence-corrected chi connectivity index (χ3v) is 4.63. The second-order valence-electron chi connectivity index (χ2n) is 4.15. The van der Waals surface area contributed by atoms with Crippen molar-refractivity contribution in [2.75, 3.05) is 0 Å². The van der Waals surface area contributed by atoms with Crippen molar-refractivity contribution in [1.82, 2.24) is 0 Å². The lowest BCUT2D eigenvalue weighted by Gasteiger charge is -2.11. The molecule has 2 aromatic rings. The molecule has 2 nitrogen and oxygen atoms in total. The number of hydrogen-bond donors (Lipinski definition) is 0. The summed E-state index contributed by atoms with van der Waals surface area (Å²) < 4.78 is 38.6. The molecular formula is C14H7BrF3NOS. The van der Waals surface area contributed by atoms with Crippen LogP contribution in [0.3, 0.4) is 0 Å². The number of hydrogen-bond acceptors (Lipinski definition) is 3. The number of carbonyl (C=O) groups excluding carboxylic acids is 1. The van der Waals surface area contributed by atoms with Crippen LogP contribution in [0.25, 0.3) is 0 Å². The van der Waals surface area contributed by atoms with Crippen molar-refractivity contribution in [3.8, 4) is 6.07 Å². The molecule has 21 heavy (non-hydrogen) atoms. The van der Waals surface area contributed by atoms with Gasteiger partial charge in [-0.15, -0.1) is 11.3 Å². The minimum atomic E-state index is -4.51. The molecular weight excluding hydrogens is 367 g/mol. The van der Waals surface area contributed by atoms with E-state index in [4.69, 9.17) is 0 Å². The minimum absolute atomic E-state index is 0.0395. The van der Waals surface area contributed by atoms with Crippen LogP contribution >= 0.6 is 27.3 Å². The molecule has 0 N–H and O–H groups in total. The van der Waals surface area contributed by atoms with Gasteiger partial charge < -0.3 is 0 Å². The number of carbonyl (C=O) groups is 1. The Hall–Kier alpha value is -1.65. The summed E-state index contributed by atoms with van der Waals surface area (Å²) in [6, 6.07) is 7.72. The standard InChI is InChI=1S/C14H7BrF3NOS/c15-11-4-5-21-13(11)12(20)10(7-19)8-2-1-3-9(6-8)14(16,17)18/h1-6,10H. The zero-order valence-electron chi connectivity index (χ0n) is 10.3. The maximum absolute atomic E-state index is 12.7. The van der Waals surface area contributed by atoms with Crippen LogP contribution in [0.5, 0.6) is 0 Å². The Labute approximate surface area is 131 Å². The van der Waals surface area contributed by atoms with Crippen LogP contribution in [0.4, 0.5) is 13.2 Å². The van der Waals surface area contributed by atoms with Crippen molar-refractivity contribution in [3.05, 3.63) is 56.2 Å². The smallest absolute Gasteiger partial charge is 0.291 e. The molecule has 0 saturated heterocycles. The zero-order chi connectivity index (χ0) is 15.6. The Balaban J connectivity index is 2.42. The molecule has 0 amide bonds. The van der Waals surface area contributed by atoms with E-state index in [-0.39, 0.29) is 5.56 Å². The van der Waals surface area contributed by atoms with Crippen LogP contribution in [-0.4, -0.2) is 5.78 Å². The molecule has 1 atom stereocenters. The summed E-state index contributed by atoms with van der Waals surface area (Å²) in [6.45, 7) is 0. The van der Waals surface area contributed by atoms with Gasteiger partial charge in [0.05, 0.1) is 16.5 Å². The Morgan fingerprint density at radius 2 is 2.05 bits per heavy atom. The highest BCUT2D eigenvalue weighted by Gasteiger charge is 2.32. The summed E-state index contributed by atoms with van der Waals surface area (Å²) in [7, 11) is 0. The Morgan fingerprint density at radius 3 is 2.57 bits per heavy atom. The minimum Gasteiger partial charge on any atom is -0.291 e. The Bertz CT molecular complexity index is 717. The van der Waals surface area contributed by atoms with Gasteiger partial charge in [0.2, 0.25) is 0 Å². The topological polar surface area (TPSA) is 40.9 Å². The average molecular weight is 374 g/mol. The summed E-state index contributed by atoms with van der Waals surface area (Å²) >= 11 is 4.32. The number of halogens is 4. The highest BCUT2D eigenvalue weighted by atomic mass is 79.9. The molecule has 0 bridgehead atoms. The highest BCUT2D eigenvalue weighted by molar-refractivity contribution is 9.10. The van der Waals surface area contributed by atoms with Gasteiger partial charge in [0.25, 0.3) is 0 Å². The lowest BCUT2D eigenvalue weighted by atomic mass is 9.94. The molecule has 1 aromatic heterocycles. The third kappa shape index (κ3) is 3.34. The Morgan fingerprint density at radius 1 is 1.33 bits per heavy atom. The molecule has 0 spiro atoms. The molecule has 0 aliphatic heterocycles. The lowest BCUT2D eigenvalue weighted by Crippen LogP contribution is -2.12. The summed E-state index contributed by atoms with van der Waals surface area (Å²) in [5.74, 6) is -1.78. The fourth-order valence-electron chi connectivity index (χ4n) is 1.78. The van der Waals surface area contributed by atoms with E-state index in [1.807, 2.05) is 0 Å². The highest BCUT2D eigenvalue weighted by Crippen LogP contribution is 2.33. The predicted octanol–water partition coefficient (Wildman–Crippen LogP) is 5.02. The normalized spacial score (nSPS) is 12.7. The second kappa shape index (κ2) is 6.00. The van der Waals surface area contributed by atoms with Gasteiger partial charge in [-0.25, -0.2) is 0 Å². The molecule has 0 fully saturated rings.